The van der Waals surface area contributed by atoms with Gasteiger partial charge in [0.15, 0.2) is 5.96 Å². The molecule has 4 nitrogen and oxygen atoms in total. The third-order valence-electron chi connectivity index (χ3n) is 4.23. The molecular formula is C15H19F2N3O. The summed E-state index contributed by atoms with van der Waals surface area (Å²) in [6.07, 6.45) is 1.71. The van der Waals surface area contributed by atoms with Crippen LogP contribution in [0.1, 0.15) is 18.4 Å². The molecule has 0 radical (unpaired) electrons. The molecule has 0 unspecified atom stereocenters. The first-order valence-corrected chi connectivity index (χ1v) is 7.19. The van der Waals surface area contributed by atoms with Gasteiger partial charge in [0, 0.05) is 24.6 Å². The first kappa shape index (κ1) is 14.3. The molecule has 1 heterocycles. The highest BCUT2D eigenvalue weighted by molar-refractivity contribution is 5.78. The van der Waals surface area contributed by atoms with Gasteiger partial charge in [-0.05, 0) is 24.5 Å². The lowest BCUT2D eigenvalue weighted by Gasteiger charge is -2.28. The number of rotatable bonds is 3. The zero-order valence-corrected chi connectivity index (χ0v) is 11.8. The Morgan fingerprint density at radius 2 is 2.00 bits per heavy atom. The normalized spacial score (nSPS) is 21.4. The minimum atomic E-state index is -0.552. The highest BCUT2D eigenvalue weighted by Gasteiger charge is 2.46. The van der Waals surface area contributed by atoms with Crippen LogP contribution in [0.2, 0.25) is 0 Å². The van der Waals surface area contributed by atoms with Crippen LogP contribution in [0.4, 0.5) is 8.78 Å². The van der Waals surface area contributed by atoms with Crippen LogP contribution in [0.15, 0.2) is 23.2 Å². The van der Waals surface area contributed by atoms with Crippen molar-refractivity contribution < 1.29 is 13.5 Å². The average molecular weight is 295 g/mol. The van der Waals surface area contributed by atoms with Gasteiger partial charge in [0.2, 0.25) is 0 Å². The Labute approximate surface area is 122 Å². The van der Waals surface area contributed by atoms with Crippen LogP contribution in [0.3, 0.4) is 0 Å². The fourth-order valence-electron chi connectivity index (χ4n) is 2.71. The van der Waals surface area contributed by atoms with E-state index in [1.807, 2.05) is 4.90 Å². The van der Waals surface area contributed by atoms with Crippen molar-refractivity contribution in [2.24, 2.45) is 10.7 Å². The van der Waals surface area contributed by atoms with Gasteiger partial charge in [-0.2, -0.15) is 0 Å². The van der Waals surface area contributed by atoms with Crippen LogP contribution in [0.5, 0.6) is 0 Å². The van der Waals surface area contributed by atoms with Crippen molar-refractivity contribution in [3.8, 4) is 0 Å². The summed E-state index contributed by atoms with van der Waals surface area (Å²) >= 11 is 0. The second-order valence-electron chi connectivity index (χ2n) is 5.68. The maximum Gasteiger partial charge on any atom is 0.191 e. The zero-order valence-electron chi connectivity index (χ0n) is 11.8. The Morgan fingerprint density at radius 3 is 2.62 bits per heavy atom. The quantitative estimate of drug-likeness (QED) is 0.681. The number of nitrogens with zero attached hydrogens (tertiary/aromatic N) is 2. The van der Waals surface area contributed by atoms with Gasteiger partial charge in [0.25, 0.3) is 0 Å². The number of halogens is 2. The third kappa shape index (κ3) is 3.00. The van der Waals surface area contributed by atoms with Crippen molar-refractivity contribution >= 4 is 5.96 Å². The van der Waals surface area contributed by atoms with E-state index in [0.717, 1.165) is 32.0 Å². The molecule has 114 valence electrons. The largest absolute Gasteiger partial charge is 0.378 e. The molecule has 6 heteroatoms. The van der Waals surface area contributed by atoms with Gasteiger partial charge in [-0.25, -0.2) is 8.78 Å². The van der Waals surface area contributed by atoms with Crippen LogP contribution in [-0.2, 0) is 10.2 Å². The van der Waals surface area contributed by atoms with Gasteiger partial charge in [-0.3, -0.25) is 4.99 Å². The average Bonchev–Trinajstić information content (AvgIpc) is 3.26. The number of nitrogens with two attached hydrogens (primary N) is 1. The molecule has 0 aromatic heterocycles. The van der Waals surface area contributed by atoms with Crippen molar-refractivity contribution in [1.82, 2.24) is 4.90 Å². The molecule has 1 aliphatic carbocycles. The first-order chi connectivity index (χ1) is 10.1. The van der Waals surface area contributed by atoms with Gasteiger partial charge in [-0.1, -0.05) is 6.07 Å². The van der Waals surface area contributed by atoms with Crippen molar-refractivity contribution in [1.29, 1.82) is 0 Å². The number of benzene rings is 1. The van der Waals surface area contributed by atoms with Crippen molar-refractivity contribution in [2.45, 2.75) is 18.3 Å². The van der Waals surface area contributed by atoms with Crippen molar-refractivity contribution in [2.75, 3.05) is 32.8 Å². The summed E-state index contributed by atoms with van der Waals surface area (Å²) in [5.41, 5.74) is 6.22. The molecule has 0 bridgehead atoms. The smallest absolute Gasteiger partial charge is 0.191 e. The molecule has 0 amide bonds. The second-order valence-corrected chi connectivity index (χ2v) is 5.68. The van der Waals surface area contributed by atoms with Crippen LogP contribution in [-0.4, -0.2) is 43.7 Å². The summed E-state index contributed by atoms with van der Waals surface area (Å²) in [7, 11) is 0. The van der Waals surface area contributed by atoms with E-state index in [0.29, 0.717) is 31.3 Å². The highest BCUT2D eigenvalue weighted by Crippen LogP contribution is 2.49. The third-order valence-corrected chi connectivity index (χ3v) is 4.23. The van der Waals surface area contributed by atoms with Crippen LogP contribution in [0, 0.1) is 11.6 Å². The first-order valence-electron chi connectivity index (χ1n) is 7.19. The van der Waals surface area contributed by atoms with Crippen LogP contribution in [0.25, 0.3) is 0 Å². The molecule has 2 aliphatic rings. The molecule has 3 rings (SSSR count). The highest BCUT2D eigenvalue weighted by atomic mass is 19.1. The fourth-order valence-corrected chi connectivity index (χ4v) is 2.71. The maximum absolute atomic E-state index is 13.9. The Morgan fingerprint density at radius 1 is 1.29 bits per heavy atom. The summed E-state index contributed by atoms with van der Waals surface area (Å²) in [5.74, 6) is -0.567. The molecule has 2 fully saturated rings. The molecule has 1 aromatic carbocycles. The zero-order chi connectivity index (χ0) is 14.9. The standard InChI is InChI=1S/C15H19F2N3O/c16-11-1-2-12(13(17)9-11)15(3-4-15)10-19-14(18)20-5-7-21-8-6-20/h1-2,9H,3-8,10H2,(H2,18,19). The Balaban J connectivity index is 1.71. The van der Waals surface area contributed by atoms with Crippen LogP contribution < -0.4 is 5.73 Å². The van der Waals surface area contributed by atoms with E-state index < -0.39 is 11.6 Å². The van der Waals surface area contributed by atoms with E-state index in [9.17, 15) is 8.78 Å². The SMILES string of the molecule is NC(=NCC1(c2ccc(F)cc2F)CC1)N1CCOCC1. The Hall–Kier alpha value is -1.69. The van der Waals surface area contributed by atoms with Crippen molar-refractivity contribution in [3.05, 3.63) is 35.4 Å². The molecule has 1 aromatic rings. The van der Waals surface area contributed by atoms with E-state index in [2.05, 4.69) is 4.99 Å². The molecule has 0 atom stereocenters. The summed E-state index contributed by atoms with van der Waals surface area (Å²) in [6, 6.07) is 3.76. The van der Waals surface area contributed by atoms with Gasteiger partial charge in [0.05, 0.1) is 19.8 Å². The minimum absolute atomic E-state index is 0.311. The summed E-state index contributed by atoms with van der Waals surface area (Å²) in [5, 5.41) is 0. The lowest BCUT2D eigenvalue weighted by Crippen LogP contribution is -2.45. The molecular weight excluding hydrogens is 276 g/mol. The summed E-state index contributed by atoms with van der Waals surface area (Å²) in [4.78, 5) is 6.40. The van der Waals surface area contributed by atoms with Gasteiger partial charge >= 0.3 is 0 Å². The van der Waals surface area contributed by atoms with Crippen LogP contribution >= 0.6 is 0 Å². The van der Waals surface area contributed by atoms with Gasteiger partial charge in [-0.15, -0.1) is 0 Å². The molecule has 0 spiro atoms. The number of ether oxygens (including phenoxy) is 1. The van der Waals surface area contributed by atoms with E-state index >= 15 is 0 Å². The molecule has 1 saturated carbocycles. The number of hydrogen-bond acceptors (Lipinski definition) is 2. The number of morpholine rings is 1. The van der Waals surface area contributed by atoms with Gasteiger partial charge in [0.1, 0.15) is 11.6 Å². The number of guanidine groups is 1. The molecule has 2 N–H and O–H groups in total. The Kier molecular flexibility index (Phi) is 3.80. The van der Waals surface area contributed by atoms with E-state index in [-0.39, 0.29) is 5.41 Å². The lowest BCUT2D eigenvalue weighted by atomic mass is 9.95. The predicted octanol–water partition coefficient (Wildman–Crippen LogP) is 1.64. The van der Waals surface area contributed by atoms with E-state index in [4.69, 9.17) is 10.5 Å². The monoisotopic (exact) mass is 295 g/mol. The Bertz CT molecular complexity index is 552. The molecule has 1 aliphatic heterocycles. The lowest BCUT2D eigenvalue weighted by molar-refractivity contribution is 0.0674. The summed E-state index contributed by atoms with van der Waals surface area (Å²) in [6.45, 7) is 3.20. The minimum Gasteiger partial charge on any atom is -0.378 e. The molecule has 21 heavy (non-hydrogen) atoms. The second kappa shape index (κ2) is 5.60. The number of hydrogen-bond donors (Lipinski definition) is 1. The predicted molar refractivity (Wildman–Crippen MR) is 76.2 cm³/mol. The molecule has 1 saturated heterocycles. The van der Waals surface area contributed by atoms with E-state index in [1.54, 1.807) is 0 Å². The van der Waals surface area contributed by atoms with Crippen molar-refractivity contribution in [3.63, 3.8) is 0 Å². The topological polar surface area (TPSA) is 50.8 Å². The van der Waals surface area contributed by atoms with Gasteiger partial charge < -0.3 is 15.4 Å². The maximum atomic E-state index is 13.9. The summed E-state index contributed by atoms with van der Waals surface area (Å²) < 4.78 is 32.2. The number of aliphatic imine (C=N–C) groups is 1. The fraction of sp³-hybridized carbons (Fsp3) is 0.533. The van der Waals surface area contributed by atoms with E-state index in [1.165, 1.54) is 12.1 Å².